The number of carbonyl (C=O) groups is 1. The zero-order chi connectivity index (χ0) is 19.7. The molecule has 6 nitrogen and oxygen atoms in total. The molecule has 0 radical (unpaired) electrons. The van der Waals surface area contributed by atoms with Crippen LogP contribution in [-0.2, 0) is 6.18 Å². The van der Waals surface area contributed by atoms with Crippen LogP contribution in [0.4, 0.5) is 23.7 Å². The van der Waals surface area contributed by atoms with Gasteiger partial charge in [-0.15, -0.1) is 0 Å². The van der Waals surface area contributed by atoms with Crippen LogP contribution < -0.4 is 10.6 Å². The van der Waals surface area contributed by atoms with Gasteiger partial charge in [0.25, 0.3) is 0 Å². The van der Waals surface area contributed by atoms with Gasteiger partial charge in [-0.2, -0.15) is 18.3 Å². The van der Waals surface area contributed by atoms with Crippen LogP contribution in [0.2, 0.25) is 0 Å². The predicted molar refractivity (Wildman–Crippen MR) is 98.2 cm³/mol. The summed E-state index contributed by atoms with van der Waals surface area (Å²) < 4.78 is 39.5. The molecule has 0 aliphatic carbocycles. The average Bonchev–Trinajstić information content (AvgIpc) is 3.26. The van der Waals surface area contributed by atoms with E-state index in [1.807, 2.05) is 4.90 Å². The molecule has 4 rings (SSSR count). The van der Waals surface area contributed by atoms with Gasteiger partial charge in [0, 0.05) is 13.1 Å². The molecular weight excluding hydrogens is 371 g/mol. The first-order chi connectivity index (χ1) is 13.4. The fraction of sp³-hybridized carbons (Fsp3) is 0.474. The fourth-order valence-electron chi connectivity index (χ4n) is 3.96. The average molecular weight is 393 g/mol. The molecule has 0 saturated carbocycles. The van der Waals surface area contributed by atoms with E-state index < -0.39 is 11.7 Å². The first kappa shape index (κ1) is 18.8. The first-order valence-corrected chi connectivity index (χ1v) is 9.39. The molecule has 2 aliphatic heterocycles. The van der Waals surface area contributed by atoms with Crippen LogP contribution in [0.5, 0.6) is 0 Å². The SMILES string of the molecule is O=C(Nc1cnn(-c2ccc(C(F)(F)F)cc2)c1)N1CC[C@@H]2CNC[C@@H]2CC1. The quantitative estimate of drug-likeness (QED) is 0.823. The molecule has 0 bridgehead atoms. The molecule has 28 heavy (non-hydrogen) atoms. The van der Waals surface area contributed by atoms with E-state index in [1.54, 1.807) is 6.20 Å². The standard InChI is InChI=1S/C19H22F3N5O/c20-19(21,22)15-1-3-17(4-2-15)27-12-16(11-24-27)25-18(28)26-7-5-13-9-23-10-14(13)6-8-26/h1-4,11-14,23H,5-10H2,(H,25,28)/t13-,14+. The van der Waals surface area contributed by atoms with Crippen molar-refractivity contribution < 1.29 is 18.0 Å². The zero-order valence-electron chi connectivity index (χ0n) is 15.2. The number of likely N-dealkylation sites (tertiary alicyclic amines) is 1. The summed E-state index contributed by atoms with van der Waals surface area (Å²) in [5.74, 6) is 1.28. The van der Waals surface area contributed by atoms with Crippen LogP contribution >= 0.6 is 0 Å². The normalized spacial score (nSPS) is 22.6. The number of hydrogen-bond acceptors (Lipinski definition) is 3. The van der Waals surface area contributed by atoms with E-state index in [1.165, 1.54) is 23.0 Å². The molecule has 2 N–H and O–H groups in total. The van der Waals surface area contributed by atoms with Gasteiger partial charge in [-0.25, -0.2) is 9.48 Å². The lowest BCUT2D eigenvalue weighted by Gasteiger charge is -2.20. The maximum Gasteiger partial charge on any atom is 0.416 e. The van der Waals surface area contributed by atoms with Crippen molar-refractivity contribution in [3.8, 4) is 5.69 Å². The van der Waals surface area contributed by atoms with E-state index in [4.69, 9.17) is 0 Å². The lowest BCUT2D eigenvalue weighted by molar-refractivity contribution is -0.137. The second-order valence-corrected chi connectivity index (χ2v) is 7.39. The Morgan fingerprint density at radius 2 is 1.75 bits per heavy atom. The molecule has 2 fully saturated rings. The third-order valence-electron chi connectivity index (χ3n) is 5.60. The summed E-state index contributed by atoms with van der Waals surface area (Å²) in [6.07, 6.45) is 0.707. The lowest BCUT2D eigenvalue weighted by atomic mass is 9.92. The van der Waals surface area contributed by atoms with Gasteiger partial charge in [-0.3, -0.25) is 0 Å². The zero-order valence-corrected chi connectivity index (χ0v) is 15.2. The highest BCUT2D eigenvalue weighted by atomic mass is 19.4. The molecule has 9 heteroatoms. The van der Waals surface area contributed by atoms with Crippen LogP contribution in [0.3, 0.4) is 0 Å². The van der Waals surface area contributed by atoms with Crippen molar-refractivity contribution in [1.82, 2.24) is 20.0 Å². The van der Waals surface area contributed by atoms with E-state index in [9.17, 15) is 18.0 Å². The second-order valence-electron chi connectivity index (χ2n) is 7.39. The number of fused-ring (bicyclic) bond motifs is 1. The van der Waals surface area contributed by atoms with Crippen molar-refractivity contribution in [2.45, 2.75) is 19.0 Å². The van der Waals surface area contributed by atoms with Crippen molar-refractivity contribution in [3.05, 3.63) is 42.2 Å². The molecular formula is C19H22F3N5O. The molecule has 1 aromatic heterocycles. The van der Waals surface area contributed by atoms with Crippen molar-refractivity contribution >= 4 is 11.7 Å². The van der Waals surface area contributed by atoms with Crippen molar-refractivity contribution in [3.63, 3.8) is 0 Å². The first-order valence-electron chi connectivity index (χ1n) is 9.39. The molecule has 2 aliphatic rings. The Morgan fingerprint density at radius 3 is 2.36 bits per heavy atom. The van der Waals surface area contributed by atoms with Gasteiger partial charge in [0.05, 0.1) is 29.3 Å². The van der Waals surface area contributed by atoms with Crippen LogP contribution in [0, 0.1) is 11.8 Å². The molecule has 2 saturated heterocycles. The summed E-state index contributed by atoms with van der Waals surface area (Å²) in [6, 6.07) is 4.56. The minimum atomic E-state index is -4.37. The number of carbonyl (C=O) groups excluding carboxylic acids is 1. The summed E-state index contributed by atoms with van der Waals surface area (Å²) in [5, 5.41) is 10.4. The number of aromatic nitrogens is 2. The Morgan fingerprint density at radius 1 is 1.11 bits per heavy atom. The van der Waals surface area contributed by atoms with E-state index in [2.05, 4.69) is 15.7 Å². The molecule has 150 valence electrons. The Bertz CT molecular complexity index is 819. The Kier molecular flexibility index (Phi) is 5.01. The highest BCUT2D eigenvalue weighted by molar-refractivity contribution is 5.89. The lowest BCUT2D eigenvalue weighted by Crippen LogP contribution is -2.36. The van der Waals surface area contributed by atoms with Gasteiger partial charge < -0.3 is 15.5 Å². The molecule has 0 unspecified atom stereocenters. The largest absolute Gasteiger partial charge is 0.416 e. The number of halogens is 3. The number of urea groups is 1. The van der Waals surface area contributed by atoms with Gasteiger partial charge >= 0.3 is 12.2 Å². The summed E-state index contributed by atoms with van der Waals surface area (Å²) in [5.41, 5.74) is 0.290. The Hall–Kier alpha value is -2.55. The number of nitrogens with zero attached hydrogens (tertiary/aromatic N) is 3. The number of nitrogens with one attached hydrogen (secondary N) is 2. The van der Waals surface area contributed by atoms with E-state index in [0.717, 1.165) is 51.2 Å². The van der Waals surface area contributed by atoms with E-state index in [-0.39, 0.29) is 6.03 Å². The smallest absolute Gasteiger partial charge is 0.325 e. The molecule has 2 amide bonds. The van der Waals surface area contributed by atoms with Gasteiger partial charge in [-0.05, 0) is 62.0 Å². The third-order valence-corrected chi connectivity index (χ3v) is 5.60. The van der Waals surface area contributed by atoms with Gasteiger partial charge in [-0.1, -0.05) is 0 Å². The van der Waals surface area contributed by atoms with Gasteiger partial charge in [0.15, 0.2) is 0 Å². The highest BCUT2D eigenvalue weighted by Gasteiger charge is 2.32. The summed E-state index contributed by atoms with van der Waals surface area (Å²) in [4.78, 5) is 14.4. The minimum absolute atomic E-state index is 0.167. The Labute approximate surface area is 160 Å². The van der Waals surface area contributed by atoms with Crippen LogP contribution in [-0.4, -0.2) is 46.9 Å². The van der Waals surface area contributed by atoms with Crippen molar-refractivity contribution in [1.29, 1.82) is 0 Å². The summed E-state index contributed by atoms with van der Waals surface area (Å²) in [6.45, 7) is 3.50. The Balaban J connectivity index is 1.38. The van der Waals surface area contributed by atoms with Crippen LogP contribution in [0.1, 0.15) is 18.4 Å². The summed E-state index contributed by atoms with van der Waals surface area (Å²) in [7, 11) is 0. The number of hydrogen-bond donors (Lipinski definition) is 2. The molecule has 0 spiro atoms. The maximum absolute atomic E-state index is 12.7. The number of rotatable bonds is 2. The van der Waals surface area contributed by atoms with E-state index in [0.29, 0.717) is 23.2 Å². The molecule has 2 atom stereocenters. The minimum Gasteiger partial charge on any atom is -0.325 e. The van der Waals surface area contributed by atoms with Gasteiger partial charge in [0.2, 0.25) is 0 Å². The third kappa shape index (κ3) is 3.99. The monoisotopic (exact) mass is 393 g/mol. The molecule has 3 heterocycles. The molecule has 2 aromatic rings. The molecule has 1 aromatic carbocycles. The number of benzene rings is 1. The predicted octanol–water partition coefficient (Wildman–Crippen LogP) is 3.35. The van der Waals surface area contributed by atoms with E-state index >= 15 is 0 Å². The van der Waals surface area contributed by atoms with Crippen LogP contribution in [0.15, 0.2) is 36.7 Å². The number of alkyl halides is 3. The summed E-state index contributed by atoms with van der Waals surface area (Å²) >= 11 is 0. The number of amides is 2. The number of anilines is 1. The second kappa shape index (κ2) is 7.46. The highest BCUT2D eigenvalue weighted by Crippen LogP contribution is 2.30. The maximum atomic E-state index is 12.7. The van der Waals surface area contributed by atoms with Crippen LogP contribution in [0.25, 0.3) is 5.69 Å². The topological polar surface area (TPSA) is 62.2 Å². The van der Waals surface area contributed by atoms with Crippen molar-refractivity contribution in [2.24, 2.45) is 11.8 Å². The van der Waals surface area contributed by atoms with Crippen molar-refractivity contribution in [2.75, 3.05) is 31.5 Å². The fourth-order valence-corrected chi connectivity index (χ4v) is 3.96. The van der Waals surface area contributed by atoms with Gasteiger partial charge in [0.1, 0.15) is 0 Å².